The first-order chi connectivity index (χ1) is 7.35. The standard InChI is InChI=1S/C10H13N3OS/c1-3-4-8-11-10(13-12-8)9-7(14-2)5-6-15-9/h5-6H,3-4H2,1-2H3,(H,11,12,13). The largest absolute Gasteiger partial charge is 0.495 e. The van der Waals surface area contributed by atoms with Crippen molar-refractivity contribution in [2.75, 3.05) is 7.11 Å². The number of aryl methyl sites for hydroxylation is 1. The van der Waals surface area contributed by atoms with Crippen LogP contribution >= 0.6 is 11.3 Å². The molecule has 4 nitrogen and oxygen atoms in total. The molecule has 0 saturated carbocycles. The first-order valence-corrected chi connectivity index (χ1v) is 5.76. The molecule has 2 rings (SSSR count). The molecular formula is C10H13N3OS. The molecule has 0 fully saturated rings. The van der Waals surface area contributed by atoms with Crippen molar-refractivity contribution in [2.24, 2.45) is 0 Å². The van der Waals surface area contributed by atoms with Crippen molar-refractivity contribution in [1.29, 1.82) is 0 Å². The molecule has 0 amide bonds. The van der Waals surface area contributed by atoms with Crippen LogP contribution < -0.4 is 4.74 Å². The number of hydrogen-bond donors (Lipinski definition) is 1. The topological polar surface area (TPSA) is 50.8 Å². The van der Waals surface area contributed by atoms with Crippen molar-refractivity contribution in [3.8, 4) is 16.5 Å². The number of H-pyrrole nitrogens is 1. The van der Waals surface area contributed by atoms with Gasteiger partial charge in [-0.15, -0.1) is 11.3 Å². The Labute approximate surface area is 92.3 Å². The van der Waals surface area contributed by atoms with Crippen LogP contribution in [0.1, 0.15) is 19.2 Å². The van der Waals surface area contributed by atoms with Gasteiger partial charge in [0.15, 0.2) is 5.82 Å². The lowest BCUT2D eigenvalue weighted by Gasteiger charge is -1.96. The van der Waals surface area contributed by atoms with Gasteiger partial charge in [-0.1, -0.05) is 6.92 Å². The summed E-state index contributed by atoms with van der Waals surface area (Å²) in [6.07, 6.45) is 2.00. The van der Waals surface area contributed by atoms with Crippen LogP contribution in [0.4, 0.5) is 0 Å². The molecule has 0 spiro atoms. The average Bonchev–Trinajstić information content (AvgIpc) is 2.84. The number of hydrogen-bond acceptors (Lipinski definition) is 4. The summed E-state index contributed by atoms with van der Waals surface area (Å²) in [6, 6.07) is 1.93. The van der Waals surface area contributed by atoms with Crippen LogP contribution in [0.25, 0.3) is 10.7 Å². The molecule has 1 N–H and O–H groups in total. The first kappa shape index (κ1) is 10.2. The van der Waals surface area contributed by atoms with Crippen molar-refractivity contribution in [2.45, 2.75) is 19.8 Å². The molecule has 0 radical (unpaired) electrons. The lowest BCUT2D eigenvalue weighted by atomic mass is 10.3. The molecule has 0 aliphatic carbocycles. The Morgan fingerprint density at radius 3 is 3.13 bits per heavy atom. The number of rotatable bonds is 4. The lowest BCUT2D eigenvalue weighted by molar-refractivity contribution is 0.418. The summed E-state index contributed by atoms with van der Waals surface area (Å²) in [4.78, 5) is 5.40. The van der Waals surface area contributed by atoms with Crippen LogP contribution in [-0.4, -0.2) is 22.3 Å². The van der Waals surface area contributed by atoms with Crippen LogP contribution in [0.15, 0.2) is 11.4 Å². The molecule has 0 unspecified atom stereocenters. The fraction of sp³-hybridized carbons (Fsp3) is 0.400. The summed E-state index contributed by atoms with van der Waals surface area (Å²) in [5.41, 5.74) is 0. The van der Waals surface area contributed by atoms with Crippen molar-refractivity contribution in [3.63, 3.8) is 0 Å². The summed E-state index contributed by atoms with van der Waals surface area (Å²) in [7, 11) is 1.66. The smallest absolute Gasteiger partial charge is 0.195 e. The molecule has 0 atom stereocenters. The number of aromatic nitrogens is 3. The second-order valence-corrected chi connectivity index (χ2v) is 4.09. The summed E-state index contributed by atoms with van der Waals surface area (Å²) in [6.45, 7) is 2.12. The molecule has 15 heavy (non-hydrogen) atoms. The van der Waals surface area contributed by atoms with E-state index >= 15 is 0 Å². The zero-order valence-corrected chi connectivity index (χ0v) is 9.60. The van der Waals surface area contributed by atoms with Gasteiger partial charge in [-0.3, -0.25) is 5.10 Å². The van der Waals surface area contributed by atoms with Crippen LogP contribution in [0.5, 0.6) is 5.75 Å². The van der Waals surface area contributed by atoms with Crippen LogP contribution in [0, 0.1) is 0 Å². The van der Waals surface area contributed by atoms with E-state index in [1.54, 1.807) is 18.4 Å². The van der Waals surface area contributed by atoms with E-state index in [1.807, 2.05) is 11.4 Å². The third kappa shape index (κ3) is 2.02. The highest BCUT2D eigenvalue weighted by atomic mass is 32.1. The Morgan fingerprint density at radius 1 is 1.53 bits per heavy atom. The van der Waals surface area contributed by atoms with Gasteiger partial charge in [0.2, 0.25) is 0 Å². The van der Waals surface area contributed by atoms with E-state index in [2.05, 4.69) is 22.1 Å². The molecule has 2 heterocycles. The molecular weight excluding hydrogens is 210 g/mol. The molecule has 0 aliphatic rings. The van der Waals surface area contributed by atoms with Gasteiger partial charge in [0, 0.05) is 6.42 Å². The monoisotopic (exact) mass is 223 g/mol. The zero-order valence-electron chi connectivity index (χ0n) is 8.78. The first-order valence-electron chi connectivity index (χ1n) is 4.88. The van der Waals surface area contributed by atoms with Gasteiger partial charge in [0.25, 0.3) is 0 Å². The zero-order chi connectivity index (χ0) is 10.7. The Hall–Kier alpha value is -1.36. The van der Waals surface area contributed by atoms with E-state index in [9.17, 15) is 0 Å². The van der Waals surface area contributed by atoms with Gasteiger partial charge in [0.1, 0.15) is 16.5 Å². The predicted octanol–water partition coefficient (Wildman–Crippen LogP) is 2.49. The van der Waals surface area contributed by atoms with Gasteiger partial charge in [-0.05, 0) is 17.9 Å². The Balaban J connectivity index is 2.28. The van der Waals surface area contributed by atoms with Gasteiger partial charge in [-0.25, -0.2) is 4.98 Å². The summed E-state index contributed by atoms with van der Waals surface area (Å²) in [5, 5.41) is 9.09. The maximum Gasteiger partial charge on any atom is 0.195 e. The molecule has 0 aromatic carbocycles. The highest BCUT2D eigenvalue weighted by molar-refractivity contribution is 7.13. The number of methoxy groups -OCH3 is 1. The maximum atomic E-state index is 5.23. The normalized spacial score (nSPS) is 10.5. The number of nitrogens with zero attached hydrogens (tertiary/aromatic N) is 2. The minimum atomic E-state index is 0.727. The average molecular weight is 223 g/mol. The Kier molecular flexibility index (Phi) is 3.01. The van der Waals surface area contributed by atoms with Crippen LogP contribution in [-0.2, 0) is 6.42 Å². The summed E-state index contributed by atoms with van der Waals surface area (Å²) < 4.78 is 5.23. The highest BCUT2D eigenvalue weighted by Gasteiger charge is 2.12. The van der Waals surface area contributed by atoms with E-state index in [1.165, 1.54) is 0 Å². The third-order valence-corrected chi connectivity index (χ3v) is 2.96. The second-order valence-electron chi connectivity index (χ2n) is 3.17. The SMILES string of the molecule is CCCc1nc(-c2sccc2OC)n[nH]1. The van der Waals surface area contributed by atoms with E-state index in [4.69, 9.17) is 4.74 Å². The fourth-order valence-electron chi connectivity index (χ4n) is 1.37. The Bertz CT molecular complexity index is 435. The molecule has 5 heteroatoms. The molecule has 2 aromatic heterocycles. The van der Waals surface area contributed by atoms with Crippen LogP contribution in [0.3, 0.4) is 0 Å². The summed E-state index contributed by atoms with van der Waals surface area (Å²) in [5.74, 6) is 2.50. The molecule has 80 valence electrons. The predicted molar refractivity (Wildman–Crippen MR) is 60.2 cm³/mol. The minimum absolute atomic E-state index is 0.727. The highest BCUT2D eigenvalue weighted by Crippen LogP contribution is 2.32. The van der Waals surface area contributed by atoms with Crippen molar-refractivity contribution in [3.05, 3.63) is 17.3 Å². The number of aromatic amines is 1. The Morgan fingerprint density at radius 2 is 2.40 bits per heavy atom. The third-order valence-electron chi connectivity index (χ3n) is 2.07. The number of thiophene rings is 1. The molecule has 0 aliphatic heterocycles. The summed E-state index contributed by atoms with van der Waals surface area (Å²) >= 11 is 1.59. The van der Waals surface area contributed by atoms with Crippen molar-refractivity contribution >= 4 is 11.3 Å². The number of ether oxygens (including phenoxy) is 1. The van der Waals surface area contributed by atoms with E-state index in [0.717, 1.165) is 35.1 Å². The van der Waals surface area contributed by atoms with Crippen molar-refractivity contribution < 1.29 is 4.74 Å². The molecule has 0 bridgehead atoms. The van der Waals surface area contributed by atoms with Gasteiger partial charge < -0.3 is 4.74 Å². The van der Waals surface area contributed by atoms with Gasteiger partial charge in [0.05, 0.1) is 7.11 Å². The van der Waals surface area contributed by atoms with E-state index < -0.39 is 0 Å². The molecule has 0 saturated heterocycles. The van der Waals surface area contributed by atoms with Gasteiger partial charge >= 0.3 is 0 Å². The fourth-order valence-corrected chi connectivity index (χ4v) is 2.16. The maximum absolute atomic E-state index is 5.23. The molecule has 2 aromatic rings. The van der Waals surface area contributed by atoms with Gasteiger partial charge in [-0.2, -0.15) is 5.10 Å². The van der Waals surface area contributed by atoms with E-state index in [-0.39, 0.29) is 0 Å². The minimum Gasteiger partial charge on any atom is -0.495 e. The van der Waals surface area contributed by atoms with E-state index in [0.29, 0.717) is 0 Å². The number of nitrogens with one attached hydrogen (secondary N) is 1. The lowest BCUT2D eigenvalue weighted by Crippen LogP contribution is -1.86. The second kappa shape index (κ2) is 4.44. The quantitative estimate of drug-likeness (QED) is 0.866. The van der Waals surface area contributed by atoms with Crippen molar-refractivity contribution in [1.82, 2.24) is 15.2 Å². The van der Waals surface area contributed by atoms with Crippen LogP contribution in [0.2, 0.25) is 0 Å².